The highest BCUT2D eigenvalue weighted by Crippen LogP contribution is 2.29. The minimum absolute atomic E-state index is 0.139. The smallest absolute Gasteiger partial charge is 0.144 e. The van der Waals surface area contributed by atoms with Crippen LogP contribution >= 0.6 is 0 Å². The maximum absolute atomic E-state index is 13.0. The van der Waals surface area contributed by atoms with E-state index >= 15 is 0 Å². The first-order valence-corrected chi connectivity index (χ1v) is 4.39. The fourth-order valence-corrected chi connectivity index (χ4v) is 1.28. The number of nitrogens with zero attached hydrogens (tertiary/aromatic N) is 1. The molecule has 0 amide bonds. The summed E-state index contributed by atoms with van der Waals surface area (Å²) < 4.78 is 13.0. The molecule has 0 fully saturated rings. The summed E-state index contributed by atoms with van der Waals surface area (Å²) in [5.74, 6) is -1.23. The van der Waals surface area contributed by atoms with Gasteiger partial charge in [0.1, 0.15) is 23.2 Å². The van der Waals surface area contributed by atoms with Crippen molar-refractivity contribution >= 4 is 0 Å². The molecule has 0 radical (unpaired) electrons. The SMILES string of the molecule is N#Cc1c(F)ccc([C@@H](N)CCO)c1O. The zero-order chi connectivity index (χ0) is 11.4. The molecule has 0 saturated carbocycles. The predicted molar refractivity (Wildman–Crippen MR) is 51.4 cm³/mol. The van der Waals surface area contributed by atoms with Gasteiger partial charge in [-0.15, -0.1) is 0 Å². The third kappa shape index (κ3) is 2.24. The summed E-state index contributed by atoms with van der Waals surface area (Å²) in [5.41, 5.74) is 5.48. The Balaban J connectivity index is 3.17. The van der Waals surface area contributed by atoms with Gasteiger partial charge in [0, 0.05) is 18.2 Å². The van der Waals surface area contributed by atoms with E-state index in [0.717, 1.165) is 6.07 Å². The molecule has 1 aromatic rings. The molecule has 0 aliphatic carbocycles. The number of halogens is 1. The molecule has 1 atom stereocenters. The van der Waals surface area contributed by atoms with Crippen molar-refractivity contribution in [1.82, 2.24) is 0 Å². The molecule has 0 aromatic heterocycles. The Morgan fingerprint density at radius 1 is 1.53 bits per heavy atom. The molecule has 15 heavy (non-hydrogen) atoms. The monoisotopic (exact) mass is 210 g/mol. The largest absolute Gasteiger partial charge is 0.506 e. The topological polar surface area (TPSA) is 90.3 Å². The third-order valence-electron chi connectivity index (χ3n) is 2.11. The summed E-state index contributed by atoms with van der Waals surface area (Å²) >= 11 is 0. The van der Waals surface area contributed by atoms with Gasteiger partial charge in [0.05, 0.1) is 0 Å². The van der Waals surface area contributed by atoms with Crippen molar-refractivity contribution in [2.75, 3.05) is 6.61 Å². The molecule has 5 heteroatoms. The first kappa shape index (κ1) is 11.4. The van der Waals surface area contributed by atoms with E-state index in [1.807, 2.05) is 0 Å². The fourth-order valence-electron chi connectivity index (χ4n) is 1.28. The molecule has 4 N–H and O–H groups in total. The van der Waals surface area contributed by atoms with Crippen molar-refractivity contribution in [1.29, 1.82) is 5.26 Å². The Hall–Kier alpha value is -1.64. The normalized spacial score (nSPS) is 12.1. The molecule has 0 spiro atoms. The number of benzene rings is 1. The van der Waals surface area contributed by atoms with Crippen LogP contribution in [0.25, 0.3) is 0 Å². The second kappa shape index (κ2) is 4.73. The van der Waals surface area contributed by atoms with Crippen LogP contribution in [0.3, 0.4) is 0 Å². The number of hydrogen-bond donors (Lipinski definition) is 3. The first-order valence-electron chi connectivity index (χ1n) is 4.39. The first-order chi connectivity index (χ1) is 7.11. The number of nitriles is 1. The van der Waals surface area contributed by atoms with Gasteiger partial charge in [-0.05, 0) is 12.5 Å². The Labute approximate surface area is 86.4 Å². The van der Waals surface area contributed by atoms with Crippen LogP contribution in [-0.2, 0) is 0 Å². The molecule has 1 rings (SSSR count). The lowest BCUT2D eigenvalue weighted by Crippen LogP contribution is -2.12. The van der Waals surface area contributed by atoms with Gasteiger partial charge in [-0.1, -0.05) is 6.07 Å². The summed E-state index contributed by atoms with van der Waals surface area (Å²) in [5, 5.41) is 26.8. The van der Waals surface area contributed by atoms with Crippen molar-refractivity contribution in [3.63, 3.8) is 0 Å². The van der Waals surface area contributed by atoms with Crippen molar-refractivity contribution < 1.29 is 14.6 Å². The summed E-state index contributed by atoms with van der Waals surface area (Å²) in [6.07, 6.45) is 0.240. The Morgan fingerprint density at radius 3 is 2.73 bits per heavy atom. The number of aliphatic hydroxyl groups excluding tert-OH is 1. The van der Waals surface area contributed by atoms with Gasteiger partial charge in [0.25, 0.3) is 0 Å². The van der Waals surface area contributed by atoms with Gasteiger partial charge in [-0.3, -0.25) is 0 Å². The van der Waals surface area contributed by atoms with E-state index in [1.54, 1.807) is 6.07 Å². The predicted octanol–water partition coefficient (Wildman–Crippen LogP) is 0.785. The molecular weight excluding hydrogens is 199 g/mol. The van der Waals surface area contributed by atoms with Gasteiger partial charge in [-0.2, -0.15) is 5.26 Å². The van der Waals surface area contributed by atoms with E-state index in [0.29, 0.717) is 0 Å². The maximum Gasteiger partial charge on any atom is 0.144 e. The molecule has 0 heterocycles. The van der Waals surface area contributed by atoms with Crippen LogP contribution < -0.4 is 5.73 Å². The average Bonchev–Trinajstić information content (AvgIpc) is 2.18. The lowest BCUT2D eigenvalue weighted by molar-refractivity contribution is 0.275. The number of phenolic OH excluding ortho intramolecular Hbond substituents is 1. The van der Waals surface area contributed by atoms with Crippen LogP contribution in [-0.4, -0.2) is 16.8 Å². The highest BCUT2D eigenvalue weighted by Gasteiger charge is 2.16. The van der Waals surface area contributed by atoms with E-state index < -0.39 is 23.2 Å². The molecule has 4 nitrogen and oxygen atoms in total. The molecule has 0 bridgehead atoms. The second-order valence-electron chi connectivity index (χ2n) is 3.09. The van der Waals surface area contributed by atoms with Crippen molar-refractivity contribution in [2.24, 2.45) is 5.73 Å². The Bertz CT molecular complexity index is 401. The molecule has 80 valence electrons. The highest BCUT2D eigenvalue weighted by molar-refractivity contribution is 5.49. The van der Waals surface area contributed by atoms with Crippen LogP contribution in [0, 0.1) is 17.1 Å². The zero-order valence-corrected chi connectivity index (χ0v) is 7.94. The number of aliphatic hydroxyl groups is 1. The minimum atomic E-state index is -0.782. The summed E-state index contributed by atoms with van der Waals surface area (Å²) in [6.45, 7) is -0.139. The van der Waals surface area contributed by atoms with Gasteiger partial charge in [0.15, 0.2) is 0 Å². The van der Waals surface area contributed by atoms with E-state index in [-0.39, 0.29) is 18.6 Å². The summed E-state index contributed by atoms with van der Waals surface area (Å²) in [6, 6.07) is 3.33. The van der Waals surface area contributed by atoms with E-state index in [4.69, 9.17) is 16.1 Å². The quantitative estimate of drug-likeness (QED) is 0.687. The van der Waals surface area contributed by atoms with E-state index in [1.165, 1.54) is 6.07 Å². The van der Waals surface area contributed by atoms with Crippen molar-refractivity contribution in [2.45, 2.75) is 12.5 Å². The molecule has 0 aliphatic heterocycles. The standard InChI is InChI=1S/C10H11FN2O2/c11-8-2-1-6(9(13)3-4-14)10(15)7(8)5-12/h1-2,9,14-15H,3-4,13H2/t9-/m0/s1. The molecule has 0 saturated heterocycles. The van der Waals surface area contributed by atoms with Crippen LogP contribution in [0.4, 0.5) is 4.39 Å². The van der Waals surface area contributed by atoms with Crippen molar-refractivity contribution in [3.05, 3.63) is 29.1 Å². The molecule has 0 unspecified atom stereocenters. The maximum atomic E-state index is 13.0. The Kier molecular flexibility index (Phi) is 3.61. The number of nitrogens with two attached hydrogens (primary N) is 1. The number of hydrogen-bond acceptors (Lipinski definition) is 4. The zero-order valence-electron chi connectivity index (χ0n) is 7.94. The van der Waals surface area contributed by atoms with E-state index in [9.17, 15) is 9.50 Å². The highest BCUT2D eigenvalue weighted by atomic mass is 19.1. The van der Waals surface area contributed by atoms with Crippen LogP contribution in [0.15, 0.2) is 12.1 Å². The van der Waals surface area contributed by atoms with Crippen LogP contribution in [0.2, 0.25) is 0 Å². The van der Waals surface area contributed by atoms with Gasteiger partial charge in [0.2, 0.25) is 0 Å². The number of phenols is 1. The van der Waals surface area contributed by atoms with Gasteiger partial charge < -0.3 is 15.9 Å². The van der Waals surface area contributed by atoms with Crippen LogP contribution in [0.1, 0.15) is 23.6 Å². The fraction of sp³-hybridized carbons (Fsp3) is 0.300. The number of rotatable bonds is 3. The van der Waals surface area contributed by atoms with Gasteiger partial charge in [-0.25, -0.2) is 4.39 Å². The molecule has 0 aliphatic rings. The van der Waals surface area contributed by atoms with Crippen LogP contribution in [0.5, 0.6) is 5.75 Å². The molecule has 1 aromatic carbocycles. The van der Waals surface area contributed by atoms with Gasteiger partial charge >= 0.3 is 0 Å². The summed E-state index contributed by atoms with van der Waals surface area (Å²) in [7, 11) is 0. The Morgan fingerprint density at radius 2 is 2.20 bits per heavy atom. The third-order valence-corrected chi connectivity index (χ3v) is 2.11. The lowest BCUT2D eigenvalue weighted by Gasteiger charge is -2.13. The van der Waals surface area contributed by atoms with Crippen molar-refractivity contribution in [3.8, 4) is 11.8 Å². The van der Waals surface area contributed by atoms with E-state index in [2.05, 4.69) is 0 Å². The molecular formula is C10H11FN2O2. The summed E-state index contributed by atoms with van der Waals surface area (Å²) in [4.78, 5) is 0. The average molecular weight is 210 g/mol. The second-order valence-corrected chi connectivity index (χ2v) is 3.09. The minimum Gasteiger partial charge on any atom is -0.506 e. The number of aromatic hydroxyl groups is 1. The lowest BCUT2D eigenvalue weighted by atomic mass is 10.0.